The third kappa shape index (κ3) is 6.65. The highest BCUT2D eigenvalue weighted by atomic mass is 16.7. The average molecular weight is 619 g/mol. The number of aromatic nitrogens is 1. The molecule has 2 aliphatic heterocycles. The first-order valence-electron chi connectivity index (χ1n) is 16.8. The zero-order valence-electron chi connectivity index (χ0n) is 27.9. The molecule has 0 radical (unpaired) electrons. The summed E-state index contributed by atoms with van der Waals surface area (Å²) in [6.45, 7) is 13.1. The van der Waals surface area contributed by atoms with Gasteiger partial charge in [0.25, 0.3) is 0 Å². The van der Waals surface area contributed by atoms with Crippen molar-refractivity contribution in [3.8, 4) is 6.07 Å². The molecule has 3 aromatic rings. The molecular formula is C38H47BN4O3. The van der Waals surface area contributed by atoms with Crippen molar-refractivity contribution < 1.29 is 14.1 Å². The number of benzene rings is 2. The number of amides is 1. The topological polar surface area (TPSA) is 87.5 Å². The van der Waals surface area contributed by atoms with Crippen molar-refractivity contribution in [1.82, 2.24) is 15.2 Å². The lowest BCUT2D eigenvalue weighted by Gasteiger charge is -2.64. The molecule has 8 heteroatoms. The molecule has 3 heterocycles. The van der Waals surface area contributed by atoms with Crippen LogP contribution in [0.4, 0.5) is 0 Å². The van der Waals surface area contributed by atoms with Crippen LogP contribution < -0.4 is 5.32 Å². The van der Waals surface area contributed by atoms with E-state index < -0.39 is 7.12 Å². The van der Waals surface area contributed by atoms with Crippen LogP contribution in [0.15, 0.2) is 72.9 Å². The molecule has 0 spiro atoms. The molecule has 1 amide bonds. The number of aryl methyl sites for hydroxylation is 1. The Balaban J connectivity index is 0.000000319. The Morgan fingerprint density at radius 1 is 1.11 bits per heavy atom. The molecule has 5 aliphatic rings. The lowest BCUT2D eigenvalue weighted by Crippen LogP contribution is -2.65. The summed E-state index contributed by atoms with van der Waals surface area (Å²) in [4.78, 5) is 19.6. The Labute approximate surface area is 274 Å². The first-order chi connectivity index (χ1) is 22.1. The summed E-state index contributed by atoms with van der Waals surface area (Å²) in [6, 6.07) is 24.7. The number of hydrogen-bond donors (Lipinski definition) is 1. The number of nitrogens with zero attached hydrogens (tertiary/aromatic N) is 3. The standard InChI is InChI=1S/C30H39BN2O3.C8H8N2/c1-20-10-11-22-12-13-33(18-23(22)14-20)19-28(34)32-27(15-21-8-6-5-7-9-21)31-35-26-17-24-16-25(29(24,2)3)30(26,4)36-31;1-7(6-9)8-4-2-3-5-10-8/h5-11,14,24-27H,12-13,15-19H2,1-4H3,(H,32,34);2-5,7H,1H3/t24?,25?,26-,27?,30+;/m1./s1. The maximum Gasteiger partial charge on any atom is 0.482 e. The maximum absolute atomic E-state index is 13.4. The molecule has 4 unspecified atom stereocenters. The molecule has 3 saturated carbocycles. The molecule has 2 aromatic carbocycles. The van der Waals surface area contributed by atoms with E-state index in [9.17, 15) is 4.79 Å². The van der Waals surface area contributed by atoms with Crippen LogP contribution in [0.25, 0.3) is 0 Å². The summed E-state index contributed by atoms with van der Waals surface area (Å²) < 4.78 is 13.4. The minimum absolute atomic E-state index is 0.0453. The predicted molar refractivity (Wildman–Crippen MR) is 181 cm³/mol. The van der Waals surface area contributed by atoms with Crippen molar-refractivity contribution in [2.24, 2.45) is 17.3 Å². The molecular weight excluding hydrogens is 571 g/mol. The number of pyridine rings is 1. The molecule has 1 N–H and O–H groups in total. The lowest BCUT2D eigenvalue weighted by molar-refractivity contribution is -0.199. The van der Waals surface area contributed by atoms with Crippen LogP contribution in [-0.4, -0.2) is 53.6 Å². The Kier molecular flexibility index (Phi) is 9.39. The van der Waals surface area contributed by atoms with Gasteiger partial charge in [0.1, 0.15) is 0 Å². The van der Waals surface area contributed by atoms with Gasteiger partial charge in [-0.3, -0.25) is 14.7 Å². The summed E-state index contributed by atoms with van der Waals surface area (Å²) in [5.41, 5.74) is 6.06. The smallest absolute Gasteiger partial charge is 0.404 e. The molecule has 2 bridgehead atoms. The monoisotopic (exact) mass is 618 g/mol. The van der Waals surface area contributed by atoms with Crippen molar-refractivity contribution in [2.75, 3.05) is 13.1 Å². The van der Waals surface area contributed by atoms with Crippen LogP contribution in [0.2, 0.25) is 0 Å². The van der Waals surface area contributed by atoms with Gasteiger partial charge in [-0.2, -0.15) is 5.26 Å². The number of fused-ring (bicyclic) bond motifs is 1. The molecule has 8 rings (SSSR count). The SMILES string of the molecule is CC(C#N)c1ccccn1.Cc1ccc2c(c1)CN(CC(=O)NC(Cc1ccccc1)B1O[C@@H]3CC4CC(C4(C)C)[C@]3(C)O1)CC2. The van der Waals surface area contributed by atoms with E-state index in [0.29, 0.717) is 30.2 Å². The largest absolute Gasteiger partial charge is 0.482 e. The van der Waals surface area contributed by atoms with Gasteiger partial charge < -0.3 is 14.6 Å². The summed E-state index contributed by atoms with van der Waals surface area (Å²) in [5.74, 6) is 0.937. The van der Waals surface area contributed by atoms with E-state index in [4.69, 9.17) is 14.6 Å². The second-order valence-electron chi connectivity index (χ2n) is 14.5. The summed E-state index contributed by atoms with van der Waals surface area (Å²) >= 11 is 0. The van der Waals surface area contributed by atoms with Crippen LogP contribution in [0.3, 0.4) is 0 Å². The third-order valence-electron chi connectivity index (χ3n) is 11.1. The van der Waals surface area contributed by atoms with Gasteiger partial charge in [-0.05, 0) is 92.5 Å². The molecule has 7 nitrogen and oxygen atoms in total. The van der Waals surface area contributed by atoms with Crippen molar-refractivity contribution in [3.05, 3.63) is 101 Å². The van der Waals surface area contributed by atoms with Gasteiger partial charge in [-0.15, -0.1) is 0 Å². The summed E-state index contributed by atoms with van der Waals surface area (Å²) in [6.07, 6.45) is 5.76. The first-order valence-corrected chi connectivity index (χ1v) is 16.8. The number of hydrogen-bond acceptors (Lipinski definition) is 6. The number of rotatable bonds is 7. The molecule has 1 aromatic heterocycles. The minimum Gasteiger partial charge on any atom is -0.404 e. The van der Waals surface area contributed by atoms with Crippen LogP contribution in [0.1, 0.15) is 74.4 Å². The number of nitrogens with one attached hydrogen (secondary N) is 1. The van der Waals surface area contributed by atoms with E-state index in [0.717, 1.165) is 31.6 Å². The Bertz CT molecular complexity index is 1560. The zero-order valence-corrected chi connectivity index (χ0v) is 27.9. The van der Waals surface area contributed by atoms with Gasteiger partial charge in [0.05, 0.1) is 41.9 Å². The van der Waals surface area contributed by atoms with Crippen LogP contribution in [-0.2, 0) is 33.5 Å². The van der Waals surface area contributed by atoms with E-state index in [1.807, 2.05) is 31.2 Å². The second kappa shape index (κ2) is 13.3. The fraction of sp³-hybridized carbons (Fsp3) is 0.500. The van der Waals surface area contributed by atoms with E-state index in [1.54, 1.807) is 6.20 Å². The quantitative estimate of drug-likeness (QED) is 0.324. The van der Waals surface area contributed by atoms with Gasteiger partial charge in [0.15, 0.2) is 0 Å². The number of nitriles is 1. The van der Waals surface area contributed by atoms with Crippen molar-refractivity contribution in [2.45, 2.75) is 90.4 Å². The molecule has 1 saturated heterocycles. The van der Waals surface area contributed by atoms with Gasteiger partial charge >= 0.3 is 7.12 Å². The average Bonchev–Trinajstić information content (AvgIpc) is 3.42. The third-order valence-corrected chi connectivity index (χ3v) is 11.1. The lowest BCUT2D eigenvalue weighted by atomic mass is 9.43. The number of carbonyl (C=O) groups excluding carboxylic acids is 1. The van der Waals surface area contributed by atoms with E-state index >= 15 is 0 Å². The van der Waals surface area contributed by atoms with Crippen LogP contribution >= 0.6 is 0 Å². The van der Waals surface area contributed by atoms with E-state index in [-0.39, 0.29) is 29.5 Å². The van der Waals surface area contributed by atoms with E-state index in [2.05, 4.69) is 91.4 Å². The molecule has 46 heavy (non-hydrogen) atoms. The van der Waals surface area contributed by atoms with Crippen molar-refractivity contribution in [3.63, 3.8) is 0 Å². The Hall–Kier alpha value is -3.51. The number of carbonyl (C=O) groups is 1. The van der Waals surface area contributed by atoms with E-state index in [1.165, 1.54) is 28.7 Å². The summed E-state index contributed by atoms with van der Waals surface area (Å²) in [7, 11) is -0.427. The zero-order chi connectivity index (χ0) is 32.5. The Morgan fingerprint density at radius 3 is 2.61 bits per heavy atom. The highest BCUT2D eigenvalue weighted by molar-refractivity contribution is 6.48. The van der Waals surface area contributed by atoms with Gasteiger partial charge in [0.2, 0.25) is 5.91 Å². The molecule has 240 valence electrons. The first kappa shape index (κ1) is 32.4. The normalized spacial score (nSPS) is 27.0. The minimum atomic E-state index is -0.427. The highest BCUT2D eigenvalue weighted by Gasteiger charge is 2.68. The van der Waals surface area contributed by atoms with Crippen LogP contribution in [0, 0.1) is 35.5 Å². The molecule has 4 fully saturated rings. The predicted octanol–water partition coefficient (Wildman–Crippen LogP) is 6.06. The van der Waals surface area contributed by atoms with Crippen molar-refractivity contribution >= 4 is 13.0 Å². The second-order valence-corrected chi connectivity index (χ2v) is 14.5. The van der Waals surface area contributed by atoms with Gasteiger partial charge in [-0.25, -0.2) is 0 Å². The maximum atomic E-state index is 13.4. The molecule has 6 atom stereocenters. The highest BCUT2D eigenvalue weighted by Crippen LogP contribution is 2.65. The Morgan fingerprint density at radius 2 is 1.89 bits per heavy atom. The van der Waals surface area contributed by atoms with Crippen LogP contribution in [0.5, 0.6) is 0 Å². The fourth-order valence-electron chi connectivity index (χ4n) is 8.19. The molecule has 3 aliphatic carbocycles. The van der Waals surface area contributed by atoms with Gasteiger partial charge in [0, 0.05) is 19.3 Å². The van der Waals surface area contributed by atoms with Crippen molar-refractivity contribution in [1.29, 1.82) is 5.26 Å². The van der Waals surface area contributed by atoms with Gasteiger partial charge in [-0.1, -0.05) is 74.0 Å². The fourth-order valence-corrected chi connectivity index (χ4v) is 8.19. The summed E-state index contributed by atoms with van der Waals surface area (Å²) in [5, 5.41) is 11.8.